The van der Waals surface area contributed by atoms with Gasteiger partial charge in [-0.1, -0.05) is 12.8 Å². The summed E-state index contributed by atoms with van der Waals surface area (Å²) in [6.07, 6.45) is 7.92. The maximum Gasteiger partial charge on any atom is 0.292 e. The van der Waals surface area contributed by atoms with Crippen LogP contribution in [0.5, 0.6) is 5.75 Å². The molecule has 0 atom stereocenters. The molecule has 128 valence electrons. The van der Waals surface area contributed by atoms with Crippen LogP contribution in [0.25, 0.3) is 0 Å². The molecular formula is C17H27N3O3. The van der Waals surface area contributed by atoms with Gasteiger partial charge in [-0.15, -0.1) is 0 Å². The van der Waals surface area contributed by atoms with Crippen molar-refractivity contribution < 1.29 is 9.53 Å². The van der Waals surface area contributed by atoms with Gasteiger partial charge < -0.3 is 19.9 Å². The molecule has 0 saturated carbocycles. The first-order valence-corrected chi connectivity index (χ1v) is 8.52. The quantitative estimate of drug-likeness (QED) is 0.769. The van der Waals surface area contributed by atoms with Gasteiger partial charge in [0.15, 0.2) is 12.4 Å². The van der Waals surface area contributed by atoms with Gasteiger partial charge in [0.1, 0.15) is 0 Å². The zero-order chi connectivity index (χ0) is 16.5. The Hall–Kier alpha value is -1.82. The molecule has 6 heteroatoms. The molecule has 2 N–H and O–H groups in total. The summed E-state index contributed by atoms with van der Waals surface area (Å²) >= 11 is 0. The molecule has 6 nitrogen and oxygen atoms in total. The van der Waals surface area contributed by atoms with Gasteiger partial charge >= 0.3 is 0 Å². The lowest BCUT2D eigenvalue weighted by molar-refractivity contribution is -0.133. The van der Waals surface area contributed by atoms with Crippen LogP contribution in [0.2, 0.25) is 0 Å². The van der Waals surface area contributed by atoms with Gasteiger partial charge in [-0.2, -0.15) is 0 Å². The fraction of sp³-hybridized carbons (Fsp3) is 0.647. The molecule has 1 aromatic heterocycles. The monoisotopic (exact) mass is 321 g/mol. The molecule has 1 amide bonds. The van der Waals surface area contributed by atoms with Crippen molar-refractivity contribution in [1.29, 1.82) is 0 Å². The molecule has 0 unspecified atom stereocenters. The second kappa shape index (κ2) is 9.35. The Kier molecular flexibility index (Phi) is 7.13. The lowest BCUT2D eigenvalue weighted by Crippen LogP contribution is -2.36. The van der Waals surface area contributed by atoms with Crippen molar-refractivity contribution in [2.24, 2.45) is 5.73 Å². The maximum atomic E-state index is 12.3. The van der Waals surface area contributed by atoms with Crippen molar-refractivity contribution in [2.45, 2.75) is 45.1 Å². The van der Waals surface area contributed by atoms with Crippen LogP contribution in [0.4, 0.5) is 0 Å². The molecule has 2 heterocycles. The largest absolute Gasteiger partial charge is 0.478 e. The van der Waals surface area contributed by atoms with Crippen LogP contribution >= 0.6 is 0 Å². The van der Waals surface area contributed by atoms with E-state index in [-0.39, 0.29) is 23.8 Å². The highest BCUT2D eigenvalue weighted by atomic mass is 16.5. The predicted molar refractivity (Wildman–Crippen MR) is 89.5 cm³/mol. The molecule has 1 saturated heterocycles. The minimum Gasteiger partial charge on any atom is -0.478 e. The molecule has 23 heavy (non-hydrogen) atoms. The summed E-state index contributed by atoms with van der Waals surface area (Å²) < 4.78 is 7.10. The van der Waals surface area contributed by atoms with E-state index in [4.69, 9.17) is 10.5 Å². The molecule has 0 radical (unpaired) electrons. The van der Waals surface area contributed by atoms with Crippen LogP contribution in [-0.4, -0.2) is 41.6 Å². The van der Waals surface area contributed by atoms with Gasteiger partial charge in [0, 0.05) is 25.8 Å². The first kappa shape index (κ1) is 17.5. The van der Waals surface area contributed by atoms with Crippen LogP contribution in [0, 0.1) is 0 Å². The van der Waals surface area contributed by atoms with E-state index in [0.29, 0.717) is 13.1 Å². The molecule has 1 aliphatic heterocycles. The van der Waals surface area contributed by atoms with Gasteiger partial charge in [0.2, 0.25) is 0 Å². The number of amides is 1. The van der Waals surface area contributed by atoms with Gasteiger partial charge in [0.05, 0.1) is 0 Å². The Morgan fingerprint density at radius 2 is 1.91 bits per heavy atom. The predicted octanol–water partition coefficient (Wildman–Crippen LogP) is 1.37. The Balaban J connectivity index is 1.90. The summed E-state index contributed by atoms with van der Waals surface area (Å²) in [6.45, 7) is 2.76. The second-order valence-electron chi connectivity index (χ2n) is 5.95. The highest BCUT2D eigenvalue weighted by Crippen LogP contribution is 2.10. The Morgan fingerprint density at radius 3 is 2.61 bits per heavy atom. The summed E-state index contributed by atoms with van der Waals surface area (Å²) in [5.74, 6) is 0.202. The summed E-state index contributed by atoms with van der Waals surface area (Å²) in [6, 6.07) is 3.40. The molecule has 1 fully saturated rings. The van der Waals surface area contributed by atoms with Gasteiger partial charge in [-0.3, -0.25) is 9.59 Å². The van der Waals surface area contributed by atoms with Crippen LogP contribution in [-0.2, 0) is 11.3 Å². The highest BCUT2D eigenvalue weighted by molar-refractivity contribution is 5.77. The normalized spacial score (nSPS) is 15.3. The first-order chi connectivity index (χ1) is 11.2. The summed E-state index contributed by atoms with van der Waals surface area (Å²) in [5.41, 5.74) is 5.28. The Bertz CT molecular complexity index is 548. The van der Waals surface area contributed by atoms with E-state index in [1.165, 1.54) is 12.8 Å². The third kappa shape index (κ3) is 5.39. The smallest absolute Gasteiger partial charge is 0.292 e. The minimum absolute atomic E-state index is 0.0372. The molecule has 2 rings (SSSR count). The van der Waals surface area contributed by atoms with Gasteiger partial charge in [0.25, 0.3) is 11.5 Å². The van der Waals surface area contributed by atoms with E-state index in [2.05, 4.69) is 0 Å². The van der Waals surface area contributed by atoms with Crippen LogP contribution in [0.1, 0.15) is 38.5 Å². The minimum atomic E-state index is -0.187. The Labute approximate surface area is 137 Å². The lowest BCUT2D eigenvalue weighted by Gasteiger charge is -2.20. The number of carbonyl (C=O) groups excluding carboxylic acids is 1. The summed E-state index contributed by atoms with van der Waals surface area (Å²) in [5, 5.41) is 0. The first-order valence-electron chi connectivity index (χ1n) is 8.52. The fourth-order valence-electron chi connectivity index (χ4n) is 2.78. The molecule has 0 spiro atoms. The molecule has 0 bridgehead atoms. The standard InChI is InChI=1S/C17H27N3O3/c18-9-3-6-12-20-13-7-8-15(17(20)22)23-14-16(21)19-10-4-1-2-5-11-19/h7-8,13H,1-6,9-12,14,18H2. The van der Waals surface area contributed by atoms with Crippen molar-refractivity contribution in [3.8, 4) is 5.75 Å². The number of hydrogen-bond donors (Lipinski definition) is 1. The number of unbranched alkanes of at least 4 members (excludes halogenated alkanes) is 1. The van der Waals surface area contributed by atoms with Gasteiger partial charge in [-0.25, -0.2) is 0 Å². The van der Waals surface area contributed by atoms with Crippen molar-refractivity contribution in [1.82, 2.24) is 9.47 Å². The van der Waals surface area contributed by atoms with Crippen molar-refractivity contribution in [3.05, 3.63) is 28.7 Å². The average molecular weight is 321 g/mol. The highest BCUT2D eigenvalue weighted by Gasteiger charge is 2.16. The number of likely N-dealkylation sites (tertiary alicyclic amines) is 1. The number of nitrogens with zero attached hydrogens (tertiary/aromatic N) is 2. The van der Waals surface area contributed by atoms with E-state index in [9.17, 15) is 9.59 Å². The summed E-state index contributed by atoms with van der Waals surface area (Å²) in [7, 11) is 0. The number of hydrogen-bond acceptors (Lipinski definition) is 4. The molecule has 0 aliphatic carbocycles. The molecular weight excluding hydrogens is 294 g/mol. The van der Waals surface area contributed by atoms with Crippen molar-refractivity contribution in [3.63, 3.8) is 0 Å². The van der Waals surface area contributed by atoms with E-state index < -0.39 is 0 Å². The third-order valence-electron chi connectivity index (χ3n) is 4.15. The molecule has 1 aliphatic rings. The van der Waals surface area contributed by atoms with E-state index >= 15 is 0 Å². The maximum absolute atomic E-state index is 12.3. The van der Waals surface area contributed by atoms with Crippen molar-refractivity contribution in [2.75, 3.05) is 26.2 Å². The average Bonchev–Trinajstić information content (AvgIpc) is 2.84. The van der Waals surface area contributed by atoms with E-state index in [1.807, 2.05) is 4.90 Å². The number of aromatic nitrogens is 1. The number of pyridine rings is 1. The number of nitrogens with two attached hydrogens (primary N) is 1. The zero-order valence-corrected chi connectivity index (χ0v) is 13.7. The second-order valence-corrected chi connectivity index (χ2v) is 5.95. The lowest BCUT2D eigenvalue weighted by atomic mass is 10.2. The summed E-state index contributed by atoms with van der Waals surface area (Å²) in [4.78, 5) is 26.3. The number of rotatable bonds is 7. The van der Waals surface area contributed by atoms with Crippen LogP contribution in [0.15, 0.2) is 23.1 Å². The number of aryl methyl sites for hydroxylation is 1. The van der Waals surface area contributed by atoms with E-state index in [0.717, 1.165) is 38.8 Å². The van der Waals surface area contributed by atoms with E-state index in [1.54, 1.807) is 22.9 Å². The SMILES string of the molecule is NCCCCn1cccc(OCC(=O)N2CCCCCC2)c1=O. The van der Waals surface area contributed by atoms with Crippen molar-refractivity contribution >= 4 is 5.91 Å². The number of carbonyl (C=O) groups is 1. The van der Waals surface area contributed by atoms with Crippen LogP contribution in [0.3, 0.4) is 0 Å². The van der Waals surface area contributed by atoms with Crippen LogP contribution < -0.4 is 16.0 Å². The fourth-order valence-corrected chi connectivity index (χ4v) is 2.78. The Morgan fingerprint density at radius 1 is 1.17 bits per heavy atom. The topological polar surface area (TPSA) is 77.6 Å². The molecule has 1 aromatic rings. The number of ether oxygens (including phenoxy) is 1. The molecule has 0 aromatic carbocycles. The van der Waals surface area contributed by atoms with Gasteiger partial charge in [-0.05, 0) is 44.4 Å². The third-order valence-corrected chi connectivity index (χ3v) is 4.15. The zero-order valence-electron chi connectivity index (χ0n) is 13.7.